The van der Waals surface area contributed by atoms with E-state index in [1.54, 1.807) is 18.2 Å². The molecule has 0 fully saturated rings. The highest BCUT2D eigenvalue weighted by Gasteiger charge is 2.35. The maximum absolute atomic E-state index is 12.6. The van der Waals surface area contributed by atoms with Crippen LogP contribution in [0.25, 0.3) is 0 Å². The summed E-state index contributed by atoms with van der Waals surface area (Å²) >= 11 is 0. The van der Waals surface area contributed by atoms with E-state index in [4.69, 9.17) is 18.9 Å². The van der Waals surface area contributed by atoms with E-state index in [2.05, 4.69) is 5.32 Å². The SMILES string of the molecule is COCCCN1C(=O)c2ccc(C(=O)OCC(=O)Nc3ccc(OC)cc3OC)cc2C1=O. The van der Waals surface area contributed by atoms with Crippen LogP contribution in [0.4, 0.5) is 5.69 Å². The zero-order valence-corrected chi connectivity index (χ0v) is 18.5. The second-order valence-corrected chi connectivity index (χ2v) is 7.06. The first-order valence-corrected chi connectivity index (χ1v) is 10.1. The third kappa shape index (κ3) is 5.29. The molecule has 0 saturated heterocycles. The van der Waals surface area contributed by atoms with Gasteiger partial charge in [0.25, 0.3) is 17.7 Å². The Labute approximate surface area is 190 Å². The summed E-state index contributed by atoms with van der Waals surface area (Å²) in [5.41, 5.74) is 0.788. The molecule has 0 aliphatic carbocycles. The van der Waals surface area contributed by atoms with E-state index >= 15 is 0 Å². The fraction of sp³-hybridized carbons (Fsp3) is 0.304. The average molecular weight is 456 g/mol. The first-order chi connectivity index (χ1) is 15.9. The summed E-state index contributed by atoms with van der Waals surface area (Å²) in [5.74, 6) is -1.34. The Morgan fingerprint density at radius 1 is 0.939 bits per heavy atom. The largest absolute Gasteiger partial charge is 0.497 e. The van der Waals surface area contributed by atoms with Crippen LogP contribution in [0, 0.1) is 0 Å². The molecule has 0 unspecified atom stereocenters. The van der Waals surface area contributed by atoms with Gasteiger partial charge in [0.1, 0.15) is 11.5 Å². The van der Waals surface area contributed by atoms with Crippen molar-refractivity contribution in [2.75, 3.05) is 46.4 Å². The molecule has 0 atom stereocenters. The second kappa shape index (κ2) is 10.6. The van der Waals surface area contributed by atoms with E-state index in [-0.39, 0.29) is 23.2 Å². The third-order valence-corrected chi connectivity index (χ3v) is 4.95. The van der Waals surface area contributed by atoms with E-state index in [1.165, 1.54) is 39.5 Å². The maximum atomic E-state index is 12.6. The Hall–Kier alpha value is -3.92. The molecule has 0 aromatic heterocycles. The van der Waals surface area contributed by atoms with Crippen molar-refractivity contribution in [2.24, 2.45) is 0 Å². The van der Waals surface area contributed by atoms with E-state index in [9.17, 15) is 19.2 Å². The number of esters is 1. The number of fused-ring (bicyclic) bond motifs is 1. The third-order valence-electron chi connectivity index (χ3n) is 4.95. The van der Waals surface area contributed by atoms with E-state index in [0.29, 0.717) is 30.2 Å². The van der Waals surface area contributed by atoms with Gasteiger partial charge in [-0.1, -0.05) is 0 Å². The number of hydrogen-bond acceptors (Lipinski definition) is 8. The van der Waals surface area contributed by atoms with Gasteiger partial charge in [-0.3, -0.25) is 19.3 Å². The summed E-state index contributed by atoms with van der Waals surface area (Å²) in [6, 6.07) is 8.94. The van der Waals surface area contributed by atoms with Crippen molar-refractivity contribution in [1.29, 1.82) is 0 Å². The number of amides is 3. The minimum absolute atomic E-state index is 0.0588. The Bertz CT molecular complexity index is 1080. The monoisotopic (exact) mass is 456 g/mol. The quantitative estimate of drug-likeness (QED) is 0.328. The van der Waals surface area contributed by atoms with Gasteiger partial charge in [0, 0.05) is 26.3 Å². The molecule has 3 amide bonds. The summed E-state index contributed by atoms with van der Waals surface area (Å²) < 4.78 is 20.3. The Morgan fingerprint density at radius 2 is 1.70 bits per heavy atom. The molecule has 1 N–H and O–H groups in total. The molecule has 0 radical (unpaired) electrons. The van der Waals surface area contributed by atoms with Crippen molar-refractivity contribution in [3.05, 3.63) is 53.1 Å². The second-order valence-electron chi connectivity index (χ2n) is 7.06. The van der Waals surface area contributed by atoms with Crippen LogP contribution in [0.1, 0.15) is 37.5 Å². The number of anilines is 1. The number of rotatable bonds is 10. The molecule has 10 nitrogen and oxygen atoms in total. The van der Waals surface area contributed by atoms with Gasteiger partial charge >= 0.3 is 5.97 Å². The molecule has 0 saturated carbocycles. The molecule has 10 heteroatoms. The van der Waals surface area contributed by atoms with Gasteiger partial charge in [0.2, 0.25) is 0 Å². The van der Waals surface area contributed by atoms with Gasteiger partial charge in [-0.15, -0.1) is 0 Å². The van der Waals surface area contributed by atoms with Crippen molar-refractivity contribution < 1.29 is 38.1 Å². The van der Waals surface area contributed by atoms with Crippen molar-refractivity contribution in [3.63, 3.8) is 0 Å². The smallest absolute Gasteiger partial charge is 0.338 e. The molecule has 174 valence electrons. The molecule has 2 aromatic rings. The summed E-state index contributed by atoms with van der Waals surface area (Å²) in [6.07, 6.45) is 0.505. The Morgan fingerprint density at radius 3 is 2.39 bits per heavy atom. The molecule has 0 spiro atoms. The predicted molar refractivity (Wildman–Crippen MR) is 117 cm³/mol. The molecule has 3 rings (SSSR count). The van der Waals surface area contributed by atoms with Crippen molar-refractivity contribution in [2.45, 2.75) is 6.42 Å². The number of nitrogens with one attached hydrogen (secondary N) is 1. The van der Waals surface area contributed by atoms with Crippen LogP contribution in [0.2, 0.25) is 0 Å². The first kappa shape index (κ1) is 23.7. The van der Waals surface area contributed by atoms with Gasteiger partial charge in [0.15, 0.2) is 6.61 Å². The number of imide groups is 1. The summed E-state index contributed by atoms with van der Waals surface area (Å²) in [7, 11) is 4.49. The van der Waals surface area contributed by atoms with E-state index in [0.717, 1.165) is 4.90 Å². The molecule has 1 aliphatic rings. The number of methoxy groups -OCH3 is 3. The van der Waals surface area contributed by atoms with Crippen LogP contribution in [0.3, 0.4) is 0 Å². The fourth-order valence-corrected chi connectivity index (χ4v) is 3.29. The van der Waals surface area contributed by atoms with Gasteiger partial charge in [0.05, 0.1) is 36.6 Å². The lowest BCUT2D eigenvalue weighted by atomic mass is 10.1. The number of carbonyl (C=O) groups is 4. The number of benzene rings is 2. The fourth-order valence-electron chi connectivity index (χ4n) is 3.29. The molecular weight excluding hydrogens is 432 g/mol. The van der Waals surface area contributed by atoms with Crippen molar-refractivity contribution in [3.8, 4) is 11.5 Å². The van der Waals surface area contributed by atoms with Gasteiger partial charge in [-0.05, 0) is 36.8 Å². The minimum Gasteiger partial charge on any atom is -0.497 e. The van der Waals surface area contributed by atoms with Crippen LogP contribution in [-0.4, -0.2) is 69.7 Å². The predicted octanol–water partition coefficient (Wildman–Crippen LogP) is 2.13. The van der Waals surface area contributed by atoms with Crippen LogP contribution in [0.15, 0.2) is 36.4 Å². The van der Waals surface area contributed by atoms with E-state index in [1.807, 2.05) is 0 Å². The Balaban J connectivity index is 1.61. The van der Waals surface area contributed by atoms with Crippen LogP contribution < -0.4 is 14.8 Å². The average Bonchev–Trinajstić information content (AvgIpc) is 3.07. The van der Waals surface area contributed by atoms with Crippen LogP contribution in [0.5, 0.6) is 11.5 Å². The lowest BCUT2D eigenvalue weighted by Gasteiger charge is -2.12. The van der Waals surface area contributed by atoms with Crippen molar-refractivity contribution in [1.82, 2.24) is 4.90 Å². The summed E-state index contributed by atoms with van der Waals surface area (Å²) in [5, 5.41) is 2.59. The van der Waals surface area contributed by atoms with Gasteiger partial charge in [-0.25, -0.2) is 4.79 Å². The maximum Gasteiger partial charge on any atom is 0.338 e. The zero-order chi connectivity index (χ0) is 24.0. The normalized spacial score (nSPS) is 12.4. The zero-order valence-electron chi connectivity index (χ0n) is 18.5. The van der Waals surface area contributed by atoms with Crippen LogP contribution in [-0.2, 0) is 14.3 Å². The van der Waals surface area contributed by atoms with Crippen LogP contribution >= 0.6 is 0 Å². The standard InChI is InChI=1S/C23H24N2O8/c1-30-10-4-9-25-21(27)16-7-5-14(11-17(16)22(25)28)23(29)33-13-20(26)24-18-8-6-15(31-2)12-19(18)32-3/h5-8,11-12H,4,9-10,13H2,1-3H3,(H,24,26). The highest BCUT2D eigenvalue weighted by Crippen LogP contribution is 2.29. The highest BCUT2D eigenvalue weighted by atomic mass is 16.5. The molecule has 2 aromatic carbocycles. The lowest BCUT2D eigenvalue weighted by molar-refractivity contribution is -0.119. The van der Waals surface area contributed by atoms with E-state index < -0.39 is 30.3 Å². The van der Waals surface area contributed by atoms with Gasteiger partial charge < -0.3 is 24.3 Å². The number of carbonyl (C=O) groups excluding carboxylic acids is 4. The highest BCUT2D eigenvalue weighted by molar-refractivity contribution is 6.22. The first-order valence-electron chi connectivity index (χ1n) is 10.1. The molecular formula is C23H24N2O8. The van der Waals surface area contributed by atoms with Gasteiger partial charge in [-0.2, -0.15) is 0 Å². The molecule has 1 aliphatic heterocycles. The minimum atomic E-state index is -0.798. The Kier molecular flexibility index (Phi) is 7.62. The topological polar surface area (TPSA) is 120 Å². The molecule has 0 bridgehead atoms. The molecule has 1 heterocycles. The number of hydrogen-bond donors (Lipinski definition) is 1. The molecule has 33 heavy (non-hydrogen) atoms. The number of nitrogens with zero attached hydrogens (tertiary/aromatic N) is 1. The lowest BCUT2D eigenvalue weighted by Crippen LogP contribution is -2.31. The summed E-state index contributed by atoms with van der Waals surface area (Å²) in [4.78, 5) is 50.8. The summed E-state index contributed by atoms with van der Waals surface area (Å²) in [6.45, 7) is 0.0749. The number of ether oxygens (including phenoxy) is 4. The van der Waals surface area contributed by atoms with Crippen molar-refractivity contribution >= 4 is 29.4 Å².